The van der Waals surface area contributed by atoms with Gasteiger partial charge in [-0.1, -0.05) is 0 Å². The summed E-state index contributed by atoms with van der Waals surface area (Å²) in [6.45, 7) is 0.492. The molecule has 1 unspecified atom stereocenters. The Labute approximate surface area is 96.6 Å². The molecule has 1 heterocycles. The second-order valence-electron chi connectivity index (χ2n) is 3.19. The zero-order chi connectivity index (χ0) is 10.8. The van der Waals surface area contributed by atoms with E-state index in [4.69, 9.17) is 5.11 Å². The van der Waals surface area contributed by atoms with E-state index in [9.17, 15) is 4.79 Å². The standard InChI is InChI=1S/C10H11NO2S2/c1-14-6-2-3-7-8(4-6)15-9(5-11-7)10(12)13/h2-4,9,11H,5H2,1H3,(H,12,13). The lowest BCUT2D eigenvalue weighted by molar-refractivity contribution is -0.136. The normalized spacial score (nSPS) is 19.1. The van der Waals surface area contributed by atoms with Gasteiger partial charge in [-0.3, -0.25) is 4.79 Å². The lowest BCUT2D eigenvalue weighted by Gasteiger charge is -2.23. The number of fused-ring (bicyclic) bond motifs is 1. The number of nitrogens with one attached hydrogen (secondary N) is 1. The van der Waals surface area contributed by atoms with Gasteiger partial charge in [0.1, 0.15) is 5.25 Å². The second-order valence-corrected chi connectivity index (χ2v) is 5.31. The average Bonchev–Trinajstić information content (AvgIpc) is 2.27. The van der Waals surface area contributed by atoms with Crippen LogP contribution in [0.5, 0.6) is 0 Å². The van der Waals surface area contributed by atoms with E-state index in [-0.39, 0.29) is 5.25 Å². The molecule has 3 nitrogen and oxygen atoms in total. The molecule has 15 heavy (non-hydrogen) atoms. The minimum atomic E-state index is -0.757. The smallest absolute Gasteiger partial charge is 0.318 e. The predicted octanol–water partition coefficient (Wildman–Crippen LogP) is 2.38. The molecule has 0 amide bonds. The molecule has 0 saturated heterocycles. The summed E-state index contributed by atoms with van der Waals surface area (Å²) in [7, 11) is 0. The molecular formula is C10H11NO2S2. The van der Waals surface area contributed by atoms with Crippen LogP contribution in [-0.2, 0) is 4.79 Å². The topological polar surface area (TPSA) is 49.3 Å². The summed E-state index contributed by atoms with van der Waals surface area (Å²) in [6.07, 6.45) is 2.01. The molecule has 5 heteroatoms. The van der Waals surface area contributed by atoms with E-state index in [1.165, 1.54) is 11.8 Å². The monoisotopic (exact) mass is 241 g/mol. The molecule has 0 aliphatic carbocycles. The molecule has 0 fully saturated rings. The first-order valence-electron chi connectivity index (χ1n) is 4.52. The highest BCUT2D eigenvalue weighted by atomic mass is 32.2. The minimum absolute atomic E-state index is 0.380. The van der Waals surface area contributed by atoms with Crippen molar-refractivity contribution in [3.8, 4) is 0 Å². The minimum Gasteiger partial charge on any atom is -0.480 e. The highest BCUT2D eigenvalue weighted by molar-refractivity contribution is 8.01. The fourth-order valence-corrected chi connectivity index (χ4v) is 2.96. The van der Waals surface area contributed by atoms with Gasteiger partial charge in [0.2, 0.25) is 0 Å². The number of carboxylic acid groups (broad SMARTS) is 1. The number of carbonyl (C=O) groups is 1. The SMILES string of the molecule is CSc1ccc2c(c1)SC(C(=O)O)CN2. The Hall–Kier alpha value is -0.810. The van der Waals surface area contributed by atoms with Crippen LogP contribution in [0, 0.1) is 0 Å². The highest BCUT2D eigenvalue weighted by Gasteiger charge is 2.24. The van der Waals surface area contributed by atoms with Crippen molar-refractivity contribution in [1.29, 1.82) is 0 Å². The lowest BCUT2D eigenvalue weighted by Crippen LogP contribution is -2.28. The first-order valence-corrected chi connectivity index (χ1v) is 6.62. The molecule has 1 aliphatic heterocycles. The Bertz CT molecular complexity index is 395. The predicted molar refractivity (Wildman–Crippen MR) is 64.0 cm³/mol. The Morgan fingerprint density at radius 2 is 2.47 bits per heavy atom. The number of hydrogen-bond donors (Lipinski definition) is 2. The fourth-order valence-electron chi connectivity index (χ4n) is 1.41. The van der Waals surface area contributed by atoms with Gasteiger partial charge in [-0.25, -0.2) is 0 Å². The van der Waals surface area contributed by atoms with E-state index in [1.807, 2.05) is 24.5 Å². The summed E-state index contributed by atoms with van der Waals surface area (Å²) in [5.74, 6) is -0.757. The summed E-state index contributed by atoms with van der Waals surface area (Å²) in [5.41, 5.74) is 1.04. The molecule has 1 aromatic carbocycles. The van der Waals surface area contributed by atoms with Gasteiger partial charge in [-0.15, -0.1) is 23.5 Å². The van der Waals surface area contributed by atoms with E-state index >= 15 is 0 Å². The van der Waals surface area contributed by atoms with Crippen molar-refractivity contribution in [2.45, 2.75) is 15.0 Å². The zero-order valence-electron chi connectivity index (χ0n) is 8.19. The molecule has 80 valence electrons. The molecule has 2 rings (SSSR count). The Morgan fingerprint density at radius 1 is 1.67 bits per heavy atom. The molecule has 0 radical (unpaired) electrons. The van der Waals surface area contributed by atoms with Crippen LogP contribution in [0.25, 0.3) is 0 Å². The van der Waals surface area contributed by atoms with Crippen LogP contribution < -0.4 is 5.32 Å². The Balaban J connectivity index is 2.27. The quantitative estimate of drug-likeness (QED) is 0.779. The maximum Gasteiger partial charge on any atom is 0.318 e. The van der Waals surface area contributed by atoms with Gasteiger partial charge in [0, 0.05) is 22.0 Å². The first-order chi connectivity index (χ1) is 7.20. The average molecular weight is 241 g/mol. The third-order valence-corrected chi connectivity index (χ3v) is 4.18. The number of benzene rings is 1. The highest BCUT2D eigenvalue weighted by Crippen LogP contribution is 2.37. The van der Waals surface area contributed by atoms with Crippen molar-refractivity contribution in [3.63, 3.8) is 0 Å². The van der Waals surface area contributed by atoms with Gasteiger partial charge in [-0.2, -0.15) is 0 Å². The van der Waals surface area contributed by atoms with Gasteiger partial charge < -0.3 is 10.4 Å². The van der Waals surface area contributed by atoms with Crippen molar-refractivity contribution in [1.82, 2.24) is 0 Å². The van der Waals surface area contributed by atoms with Crippen LogP contribution in [0.4, 0.5) is 5.69 Å². The Kier molecular flexibility index (Phi) is 3.11. The van der Waals surface area contributed by atoms with Gasteiger partial charge in [0.05, 0.1) is 0 Å². The van der Waals surface area contributed by atoms with Crippen LogP contribution in [0.3, 0.4) is 0 Å². The maximum absolute atomic E-state index is 10.9. The third-order valence-electron chi connectivity index (χ3n) is 2.21. The van der Waals surface area contributed by atoms with Gasteiger partial charge in [-0.05, 0) is 24.5 Å². The molecule has 0 bridgehead atoms. The van der Waals surface area contributed by atoms with Crippen molar-refractivity contribution in [2.75, 3.05) is 18.1 Å². The number of carboxylic acids is 1. The van der Waals surface area contributed by atoms with E-state index in [1.54, 1.807) is 11.8 Å². The molecule has 1 aliphatic rings. The molecule has 2 N–H and O–H groups in total. The molecule has 0 saturated carbocycles. The fraction of sp³-hybridized carbons (Fsp3) is 0.300. The number of rotatable bonds is 2. The van der Waals surface area contributed by atoms with E-state index in [0.29, 0.717) is 6.54 Å². The maximum atomic E-state index is 10.9. The number of anilines is 1. The first kappa shape index (κ1) is 10.7. The van der Waals surface area contributed by atoms with Crippen molar-refractivity contribution in [3.05, 3.63) is 18.2 Å². The largest absolute Gasteiger partial charge is 0.480 e. The van der Waals surface area contributed by atoms with Crippen LogP contribution in [0.15, 0.2) is 28.0 Å². The molecule has 0 aromatic heterocycles. The molecule has 1 aromatic rings. The van der Waals surface area contributed by atoms with Crippen LogP contribution >= 0.6 is 23.5 Å². The Morgan fingerprint density at radius 3 is 3.13 bits per heavy atom. The van der Waals surface area contributed by atoms with Gasteiger partial charge in [0.25, 0.3) is 0 Å². The van der Waals surface area contributed by atoms with Crippen LogP contribution in [0.2, 0.25) is 0 Å². The lowest BCUT2D eigenvalue weighted by atomic mass is 10.3. The summed E-state index contributed by atoms with van der Waals surface area (Å²) in [5, 5.41) is 11.7. The molecule has 0 spiro atoms. The zero-order valence-corrected chi connectivity index (χ0v) is 9.82. The van der Waals surface area contributed by atoms with Crippen LogP contribution in [0.1, 0.15) is 0 Å². The van der Waals surface area contributed by atoms with Crippen molar-refractivity contribution in [2.24, 2.45) is 0 Å². The summed E-state index contributed by atoms with van der Waals surface area (Å²) in [6, 6.07) is 6.08. The third kappa shape index (κ3) is 2.23. The summed E-state index contributed by atoms with van der Waals surface area (Å²) >= 11 is 3.08. The van der Waals surface area contributed by atoms with Gasteiger partial charge in [0.15, 0.2) is 0 Å². The van der Waals surface area contributed by atoms with Gasteiger partial charge >= 0.3 is 5.97 Å². The number of hydrogen-bond acceptors (Lipinski definition) is 4. The van der Waals surface area contributed by atoms with E-state index in [0.717, 1.165) is 15.5 Å². The van der Waals surface area contributed by atoms with Crippen molar-refractivity contribution < 1.29 is 9.90 Å². The second kappa shape index (κ2) is 4.37. The summed E-state index contributed by atoms with van der Waals surface area (Å²) in [4.78, 5) is 13.0. The number of aliphatic carboxylic acids is 1. The van der Waals surface area contributed by atoms with E-state index in [2.05, 4.69) is 5.32 Å². The van der Waals surface area contributed by atoms with E-state index < -0.39 is 5.97 Å². The number of thioether (sulfide) groups is 2. The summed E-state index contributed by atoms with van der Waals surface area (Å²) < 4.78 is 0. The molecule has 1 atom stereocenters. The van der Waals surface area contributed by atoms with Crippen molar-refractivity contribution >= 4 is 35.2 Å². The molecular weight excluding hydrogens is 230 g/mol. The van der Waals surface area contributed by atoms with Crippen LogP contribution in [-0.4, -0.2) is 29.1 Å².